The Bertz CT molecular complexity index is 1050. The molecule has 1 aliphatic carbocycles. The Kier molecular flexibility index (Phi) is 9.25. The van der Waals surface area contributed by atoms with Crippen molar-refractivity contribution in [1.29, 1.82) is 0 Å². The van der Waals surface area contributed by atoms with Crippen molar-refractivity contribution in [3.8, 4) is 16.9 Å². The SMILES string of the molecule is CC1=[C-]C(C)(C)C(C)=C1C.Oc1ccc2ccccc2c1-c1ccccc1.[Cl][Ti][Cl]. The summed E-state index contributed by atoms with van der Waals surface area (Å²) >= 11 is -0.556. The van der Waals surface area contributed by atoms with Gasteiger partial charge in [0.05, 0.1) is 0 Å². The molecule has 0 saturated carbocycles. The molecule has 0 fully saturated rings. The Morgan fingerprint density at radius 3 is 1.90 bits per heavy atom. The van der Waals surface area contributed by atoms with E-state index in [2.05, 4.69) is 46.8 Å². The van der Waals surface area contributed by atoms with Crippen LogP contribution in [-0.2, 0) is 17.0 Å². The Morgan fingerprint density at radius 1 is 0.833 bits per heavy atom. The zero-order valence-electron chi connectivity index (χ0n) is 18.1. The molecule has 0 unspecified atom stereocenters. The van der Waals surface area contributed by atoms with Crippen LogP contribution in [0.1, 0.15) is 34.6 Å². The maximum atomic E-state index is 10.1. The van der Waals surface area contributed by atoms with Gasteiger partial charge in [-0.3, -0.25) is 6.08 Å². The van der Waals surface area contributed by atoms with E-state index in [1.165, 1.54) is 16.7 Å². The van der Waals surface area contributed by atoms with Gasteiger partial charge in [0.2, 0.25) is 0 Å². The van der Waals surface area contributed by atoms with Crippen LogP contribution in [-0.4, -0.2) is 5.11 Å². The van der Waals surface area contributed by atoms with Gasteiger partial charge in [0.15, 0.2) is 0 Å². The van der Waals surface area contributed by atoms with Crippen LogP contribution < -0.4 is 0 Å². The zero-order valence-corrected chi connectivity index (χ0v) is 21.1. The molecule has 0 amide bonds. The molecule has 3 aromatic rings. The number of aromatic hydroxyl groups is 1. The number of halogens is 2. The van der Waals surface area contributed by atoms with E-state index in [0.29, 0.717) is 5.75 Å². The summed E-state index contributed by atoms with van der Waals surface area (Å²) in [4.78, 5) is 0. The van der Waals surface area contributed by atoms with E-state index in [0.717, 1.165) is 21.9 Å². The van der Waals surface area contributed by atoms with Gasteiger partial charge in [-0.15, -0.1) is 6.92 Å². The first-order valence-electron chi connectivity index (χ1n) is 9.75. The number of allylic oxidation sites excluding steroid dienone is 4. The van der Waals surface area contributed by atoms with E-state index in [1.54, 1.807) is 6.07 Å². The van der Waals surface area contributed by atoms with Gasteiger partial charge in [-0.25, -0.2) is 5.57 Å². The van der Waals surface area contributed by atoms with Crippen LogP contribution in [0.5, 0.6) is 5.75 Å². The standard InChI is InChI=1S/C16H12O.C10H15.2ClH.Ti/c17-15-11-10-12-6-4-5-9-14(12)16(15)13-7-2-1-3-8-13;1-7-6-10(4,5)9(3)8(7)2;;;/h1-11,17H;1-5H3;2*1H;/q;-1;;;+2/p-2. The Morgan fingerprint density at radius 2 is 1.40 bits per heavy atom. The summed E-state index contributed by atoms with van der Waals surface area (Å²) < 4.78 is 0. The first kappa shape index (κ1) is 24.8. The number of phenolic OH excluding ortho intramolecular Hbond substituents is 1. The van der Waals surface area contributed by atoms with Crippen molar-refractivity contribution in [2.75, 3.05) is 0 Å². The minimum absolute atomic E-state index is 0.189. The maximum absolute atomic E-state index is 10.1. The second kappa shape index (κ2) is 11.2. The van der Waals surface area contributed by atoms with Crippen molar-refractivity contribution < 1.29 is 22.1 Å². The van der Waals surface area contributed by atoms with Gasteiger partial charge in [-0.2, -0.15) is 11.1 Å². The summed E-state index contributed by atoms with van der Waals surface area (Å²) in [6.45, 7) is 10.9. The second-order valence-corrected chi connectivity index (χ2v) is 10.3. The summed E-state index contributed by atoms with van der Waals surface area (Å²) in [5, 5.41) is 12.3. The predicted molar refractivity (Wildman–Crippen MR) is 127 cm³/mol. The molecule has 1 aliphatic rings. The number of phenols is 1. The average molecular weight is 474 g/mol. The number of rotatable bonds is 1. The van der Waals surface area contributed by atoms with E-state index in [9.17, 15) is 5.11 Å². The average Bonchev–Trinajstić information content (AvgIpc) is 2.91. The third kappa shape index (κ3) is 6.02. The molecular formula is C26H27Cl2OTi-. The van der Waals surface area contributed by atoms with E-state index >= 15 is 0 Å². The molecule has 0 aromatic heterocycles. The Labute approximate surface area is 197 Å². The summed E-state index contributed by atoms with van der Waals surface area (Å²) in [6, 6.07) is 21.8. The molecular weight excluding hydrogens is 447 g/mol. The Hall–Kier alpha value is -1.51. The summed E-state index contributed by atoms with van der Waals surface area (Å²) in [5.74, 6) is 0.329. The van der Waals surface area contributed by atoms with Gasteiger partial charge in [0, 0.05) is 5.56 Å². The molecule has 0 spiro atoms. The van der Waals surface area contributed by atoms with Crippen molar-refractivity contribution in [2.45, 2.75) is 34.6 Å². The molecule has 0 heterocycles. The molecule has 0 bridgehead atoms. The van der Waals surface area contributed by atoms with Gasteiger partial charge in [-0.05, 0) is 22.4 Å². The fourth-order valence-electron chi connectivity index (χ4n) is 3.57. The summed E-state index contributed by atoms with van der Waals surface area (Å²) in [6.07, 6.45) is 3.44. The first-order valence-corrected chi connectivity index (χ1v) is 14.0. The fraction of sp³-hybridized carbons (Fsp3) is 0.231. The van der Waals surface area contributed by atoms with Gasteiger partial charge >= 0.3 is 35.6 Å². The van der Waals surface area contributed by atoms with Crippen molar-refractivity contribution in [2.24, 2.45) is 5.41 Å². The van der Waals surface area contributed by atoms with Crippen molar-refractivity contribution in [3.63, 3.8) is 0 Å². The molecule has 30 heavy (non-hydrogen) atoms. The second-order valence-electron chi connectivity index (χ2n) is 7.74. The third-order valence-electron chi connectivity index (χ3n) is 5.53. The van der Waals surface area contributed by atoms with Crippen molar-refractivity contribution in [1.82, 2.24) is 0 Å². The molecule has 0 saturated heterocycles. The van der Waals surface area contributed by atoms with E-state index < -0.39 is 17.0 Å². The molecule has 1 N–H and O–H groups in total. The molecule has 0 radical (unpaired) electrons. The van der Waals surface area contributed by atoms with E-state index in [-0.39, 0.29) is 5.41 Å². The van der Waals surface area contributed by atoms with Crippen LogP contribution in [0, 0.1) is 11.5 Å². The molecule has 0 aliphatic heterocycles. The Balaban J connectivity index is 0.000000210. The topological polar surface area (TPSA) is 20.2 Å². The minimum atomic E-state index is -0.556. The first-order chi connectivity index (χ1) is 14.2. The molecule has 1 nitrogen and oxygen atoms in total. The van der Waals surface area contributed by atoms with Crippen LogP contribution in [0.4, 0.5) is 0 Å². The van der Waals surface area contributed by atoms with Gasteiger partial charge < -0.3 is 5.11 Å². The molecule has 4 rings (SSSR count). The normalized spacial score (nSPS) is 14.3. The molecule has 4 heteroatoms. The fourth-order valence-corrected chi connectivity index (χ4v) is 3.57. The molecule has 0 atom stereocenters. The van der Waals surface area contributed by atoms with Crippen LogP contribution in [0.25, 0.3) is 21.9 Å². The monoisotopic (exact) mass is 473 g/mol. The third-order valence-corrected chi connectivity index (χ3v) is 5.53. The predicted octanol–water partition coefficient (Wildman–Crippen LogP) is 8.70. The number of hydrogen-bond acceptors (Lipinski definition) is 1. The van der Waals surface area contributed by atoms with Crippen LogP contribution in [0.15, 0.2) is 83.4 Å². The van der Waals surface area contributed by atoms with E-state index in [1.807, 2.05) is 54.6 Å². The van der Waals surface area contributed by atoms with Gasteiger partial charge in [0.25, 0.3) is 0 Å². The molecule has 3 aromatic carbocycles. The van der Waals surface area contributed by atoms with Crippen molar-refractivity contribution >= 4 is 29.4 Å². The van der Waals surface area contributed by atoms with E-state index in [4.69, 9.17) is 18.6 Å². The quantitative estimate of drug-likeness (QED) is 0.276. The van der Waals surface area contributed by atoms with Gasteiger partial charge in [-0.1, -0.05) is 93.8 Å². The van der Waals surface area contributed by atoms with Crippen LogP contribution in [0.2, 0.25) is 0 Å². The molecule has 156 valence electrons. The van der Waals surface area contributed by atoms with Gasteiger partial charge in [0.1, 0.15) is 5.75 Å². The summed E-state index contributed by atoms with van der Waals surface area (Å²) in [5.41, 5.74) is 6.34. The van der Waals surface area contributed by atoms with Crippen LogP contribution >= 0.6 is 18.6 Å². The number of benzene rings is 3. The van der Waals surface area contributed by atoms with Crippen molar-refractivity contribution in [3.05, 3.63) is 89.5 Å². The number of fused-ring (bicyclic) bond motifs is 1. The summed E-state index contributed by atoms with van der Waals surface area (Å²) in [7, 11) is 9.78. The number of hydrogen-bond donors (Lipinski definition) is 1. The zero-order chi connectivity index (χ0) is 22.3. The van der Waals surface area contributed by atoms with Crippen LogP contribution in [0.3, 0.4) is 0 Å².